The zero-order chi connectivity index (χ0) is 24.1. The quantitative estimate of drug-likeness (QED) is 0.288. The average molecular weight is 478 g/mol. The van der Waals surface area contributed by atoms with Crippen LogP contribution < -0.4 is 15.6 Å². The lowest BCUT2D eigenvalue weighted by molar-refractivity contribution is -0.113. The Morgan fingerprint density at radius 3 is 2.50 bits per heavy atom. The van der Waals surface area contributed by atoms with Crippen molar-refractivity contribution in [1.82, 2.24) is 19.3 Å². The first-order valence-corrected chi connectivity index (χ1v) is 12.1. The zero-order valence-electron chi connectivity index (χ0n) is 19.4. The first-order chi connectivity index (χ1) is 16.5. The van der Waals surface area contributed by atoms with Gasteiger partial charge in [0.25, 0.3) is 5.56 Å². The number of rotatable bonds is 9. The summed E-state index contributed by atoms with van der Waals surface area (Å²) in [6.45, 7) is 7.47. The van der Waals surface area contributed by atoms with Crippen LogP contribution in [0.2, 0.25) is 0 Å². The van der Waals surface area contributed by atoms with E-state index in [1.807, 2.05) is 57.2 Å². The van der Waals surface area contributed by atoms with Crippen molar-refractivity contribution in [3.05, 3.63) is 76.2 Å². The molecule has 0 aliphatic rings. The van der Waals surface area contributed by atoms with E-state index in [1.165, 1.54) is 11.8 Å². The summed E-state index contributed by atoms with van der Waals surface area (Å²) in [6.07, 6.45) is 1.76. The molecular formula is C25H27N5O3S. The summed E-state index contributed by atoms with van der Waals surface area (Å²) in [6, 6.07) is 15.2. The number of carbonyl (C=O) groups is 1. The molecule has 0 spiro atoms. The highest BCUT2D eigenvalue weighted by Crippen LogP contribution is 2.20. The molecule has 0 saturated carbocycles. The molecule has 9 heteroatoms. The van der Waals surface area contributed by atoms with Crippen molar-refractivity contribution < 1.29 is 9.53 Å². The predicted molar refractivity (Wildman–Crippen MR) is 135 cm³/mol. The van der Waals surface area contributed by atoms with Crippen molar-refractivity contribution in [3.63, 3.8) is 0 Å². The summed E-state index contributed by atoms with van der Waals surface area (Å²) in [5.41, 5.74) is 3.45. The molecule has 0 aliphatic carbocycles. The van der Waals surface area contributed by atoms with E-state index in [4.69, 9.17) is 4.74 Å². The summed E-state index contributed by atoms with van der Waals surface area (Å²) in [5, 5.41) is 7.74. The number of nitrogens with one attached hydrogen (secondary N) is 1. The molecule has 0 bridgehead atoms. The number of hydrogen-bond donors (Lipinski definition) is 1. The van der Waals surface area contributed by atoms with Gasteiger partial charge >= 0.3 is 0 Å². The number of nitrogens with zero attached hydrogens (tertiary/aromatic N) is 4. The second-order valence-corrected chi connectivity index (χ2v) is 8.73. The lowest BCUT2D eigenvalue weighted by atomic mass is 10.1. The molecule has 4 aromatic rings. The Bertz CT molecular complexity index is 1340. The number of hydrogen-bond acceptors (Lipinski definition) is 6. The molecule has 2 heterocycles. The van der Waals surface area contributed by atoms with Gasteiger partial charge in [0.15, 0.2) is 10.7 Å². The lowest BCUT2D eigenvalue weighted by Crippen LogP contribution is -2.25. The molecule has 34 heavy (non-hydrogen) atoms. The largest absolute Gasteiger partial charge is 0.494 e. The third-order valence-electron chi connectivity index (χ3n) is 5.20. The summed E-state index contributed by atoms with van der Waals surface area (Å²) in [5.74, 6) is 0.677. The number of fused-ring (bicyclic) bond motifs is 1. The Balaban J connectivity index is 1.56. The summed E-state index contributed by atoms with van der Waals surface area (Å²) >= 11 is 1.23. The van der Waals surface area contributed by atoms with Crippen LogP contribution in [0, 0.1) is 6.92 Å². The van der Waals surface area contributed by atoms with Crippen molar-refractivity contribution in [3.8, 4) is 5.75 Å². The second kappa shape index (κ2) is 10.6. The van der Waals surface area contributed by atoms with Gasteiger partial charge in [0.05, 0.1) is 25.1 Å². The van der Waals surface area contributed by atoms with Gasteiger partial charge in [-0.3, -0.25) is 18.8 Å². The van der Waals surface area contributed by atoms with Crippen LogP contribution in [0.1, 0.15) is 25.0 Å². The number of aromatic nitrogens is 4. The molecule has 0 fully saturated rings. The van der Waals surface area contributed by atoms with E-state index in [0.717, 1.165) is 16.9 Å². The van der Waals surface area contributed by atoms with Gasteiger partial charge in [-0.1, -0.05) is 41.6 Å². The Labute approximate surface area is 202 Å². The highest BCUT2D eigenvalue weighted by atomic mass is 32.2. The summed E-state index contributed by atoms with van der Waals surface area (Å²) < 4.78 is 8.72. The van der Waals surface area contributed by atoms with Crippen LogP contribution in [-0.4, -0.2) is 37.6 Å². The minimum Gasteiger partial charge on any atom is -0.494 e. The Kier molecular flexibility index (Phi) is 7.32. The molecule has 176 valence electrons. The average Bonchev–Trinajstić information content (AvgIpc) is 3.26. The number of aryl methyl sites for hydroxylation is 2. The molecule has 8 nitrogen and oxygen atoms in total. The summed E-state index contributed by atoms with van der Waals surface area (Å²) in [4.78, 5) is 30.6. The zero-order valence-corrected chi connectivity index (χ0v) is 20.3. The van der Waals surface area contributed by atoms with Gasteiger partial charge in [-0.05, 0) is 50.6 Å². The topological polar surface area (TPSA) is 91.0 Å². The van der Waals surface area contributed by atoms with E-state index in [0.29, 0.717) is 41.6 Å². The number of thioether (sulfide) groups is 1. The van der Waals surface area contributed by atoms with Gasteiger partial charge in [-0.2, -0.15) is 5.10 Å². The molecule has 0 radical (unpaired) electrons. The predicted octanol–water partition coefficient (Wildman–Crippen LogP) is 4.10. The highest BCUT2D eigenvalue weighted by molar-refractivity contribution is 7.99. The first kappa shape index (κ1) is 23.6. The molecule has 4 rings (SSSR count). The smallest absolute Gasteiger partial charge is 0.282 e. The van der Waals surface area contributed by atoms with Crippen LogP contribution in [-0.2, 0) is 17.9 Å². The van der Waals surface area contributed by atoms with Gasteiger partial charge in [-0.15, -0.1) is 0 Å². The van der Waals surface area contributed by atoms with Gasteiger partial charge in [0.1, 0.15) is 11.3 Å². The van der Waals surface area contributed by atoms with Crippen molar-refractivity contribution in [1.29, 1.82) is 0 Å². The van der Waals surface area contributed by atoms with E-state index in [1.54, 1.807) is 27.6 Å². The number of amides is 1. The second-order valence-electron chi connectivity index (χ2n) is 7.78. The number of ether oxygens (including phenoxy) is 1. The maximum Gasteiger partial charge on any atom is 0.282 e. The molecule has 2 aromatic carbocycles. The van der Waals surface area contributed by atoms with E-state index in [2.05, 4.69) is 15.4 Å². The van der Waals surface area contributed by atoms with Crippen molar-refractivity contribution in [2.75, 3.05) is 17.7 Å². The van der Waals surface area contributed by atoms with Crippen LogP contribution in [0.25, 0.3) is 11.0 Å². The number of anilines is 1. The monoisotopic (exact) mass is 477 g/mol. The Morgan fingerprint density at radius 2 is 1.82 bits per heavy atom. The molecule has 0 saturated heterocycles. The standard InChI is InChI=1S/C25H27N5O3S/c1-4-29-15-21-23(28-29)24(32)30(14-18-8-6-17(3)7-9-18)25(27-21)34-16-22(31)26-19-10-12-20(13-11-19)33-5-2/h6-13,15H,4-5,14,16H2,1-3H3,(H,26,31). The lowest BCUT2D eigenvalue weighted by Gasteiger charge is -2.12. The number of benzene rings is 2. The molecule has 0 atom stereocenters. The van der Waals surface area contributed by atoms with Gasteiger partial charge in [0.2, 0.25) is 5.91 Å². The fourth-order valence-corrected chi connectivity index (χ4v) is 4.24. The number of carbonyl (C=O) groups excluding carboxylic acids is 1. The van der Waals surface area contributed by atoms with Crippen LogP contribution >= 0.6 is 11.8 Å². The molecule has 1 N–H and O–H groups in total. The van der Waals surface area contributed by atoms with E-state index in [9.17, 15) is 9.59 Å². The molecular weight excluding hydrogens is 450 g/mol. The maximum atomic E-state index is 13.3. The van der Waals surface area contributed by atoms with Crippen molar-refractivity contribution in [2.45, 2.75) is 39.0 Å². The van der Waals surface area contributed by atoms with Crippen molar-refractivity contribution in [2.24, 2.45) is 0 Å². The van der Waals surface area contributed by atoms with Crippen molar-refractivity contribution >= 4 is 34.4 Å². The van der Waals surface area contributed by atoms with E-state index in [-0.39, 0.29) is 17.2 Å². The molecule has 0 aliphatic heterocycles. The van der Waals surface area contributed by atoms with E-state index < -0.39 is 0 Å². The normalized spacial score (nSPS) is 11.0. The maximum absolute atomic E-state index is 13.3. The Morgan fingerprint density at radius 1 is 1.09 bits per heavy atom. The Hall–Kier alpha value is -3.59. The first-order valence-electron chi connectivity index (χ1n) is 11.2. The summed E-state index contributed by atoms with van der Waals surface area (Å²) in [7, 11) is 0. The van der Waals surface area contributed by atoms with Gasteiger partial charge < -0.3 is 10.1 Å². The minimum atomic E-state index is -0.216. The van der Waals surface area contributed by atoms with Gasteiger partial charge in [-0.25, -0.2) is 4.98 Å². The minimum absolute atomic E-state index is 0.112. The van der Waals surface area contributed by atoms with Gasteiger partial charge in [0, 0.05) is 12.2 Å². The SMILES string of the molecule is CCOc1ccc(NC(=O)CSc2nc3cn(CC)nc3c(=O)n2Cc2ccc(C)cc2)cc1. The van der Waals surface area contributed by atoms with Crippen LogP contribution in [0.4, 0.5) is 5.69 Å². The molecule has 0 unspecified atom stereocenters. The third kappa shape index (κ3) is 5.48. The van der Waals surface area contributed by atoms with Crippen LogP contribution in [0.15, 0.2) is 64.7 Å². The molecule has 1 amide bonds. The third-order valence-corrected chi connectivity index (χ3v) is 6.18. The van der Waals surface area contributed by atoms with Crippen LogP contribution in [0.5, 0.6) is 5.75 Å². The molecule has 2 aromatic heterocycles. The highest BCUT2D eigenvalue weighted by Gasteiger charge is 2.16. The van der Waals surface area contributed by atoms with Crippen LogP contribution in [0.3, 0.4) is 0 Å². The fraction of sp³-hybridized carbons (Fsp3) is 0.280. The fourth-order valence-electron chi connectivity index (χ4n) is 3.44. The van der Waals surface area contributed by atoms with E-state index >= 15 is 0 Å².